The van der Waals surface area contributed by atoms with Gasteiger partial charge >= 0.3 is 0 Å². The highest BCUT2D eigenvalue weighted by Gasteiger charge is 2.56. The van der Waals surface area contributed by atoms with E-state index in [0.29, 0.717) is 28.6 Å². The SMILES string of the molecule is O=C1C=C(Br)C(=O)C2=C1[C@@H](c1ccc(O)c3ccccc13)C1=CC[C@@H]3C(=O)N(c4ccc(Nc5ccccc5)cc4)C(=O)[C@@H]3[C@@H]1C2. The van der Waals surface area contributed by atoms with E-state index < -0.39 is 23.7 Å². The third-order valence-corrected chi connectivity index (χ3v) is 10.4. The number of phenols is 1. The van der Waals surface area contributed by atoms with E-state index in [1.807, 2.05) is 72.8 Å². The maximum atomic E-state index is 14.3. The van der Waals surface area contributed by atoms with Crippen molar-refractivity contribution in [2.75, 3.05) is 10.2 Å². The molecule has 0 spiro atoms. The van der Waals surface area contributed by atoms with Crippen LogP contribution in [0.1, 0.15) is 24.3 Å². The summed E-state index contributed by atoms with van der Waals surface area (Å²) in [5.41, 5.74) is 4.67. The molecular weight excluding hydrogens is 644 g/mol. The molecule has 2 amide bonds. The molecule has 226 valence electrons. The smallest absolute Gasteiger partial charge is 0.238 e. The number of anilines is 3. The van der Waals surface area contributed by atoms with E-state index in [2.05, 4.69) is 21.2 Å². The lowest BCUT2D eigenvalue weighted by molar-refractivity contribution is -0.123. The number of halogens is 1. The van der Waals surface area contributed by atoms with E-state index in [1.165, 1.54) is 11.0 Å². The second-order valence-corrected chi connectivity index (χ2v) is 13.0. The number of carbonyl (C=O) groups excluding carboxylic acids is 4. The number of para-hydroxylation sites is 1. The summed E-state index contributed by atoms with van der Waals surface area (Å²) in [5, 5.41) is 15.4. The molecule has 0 aromatic heterocycles. The summed E-state index contributed by atoms with van der Waals surface area (Å²) in [7, 11) is 0. The first kappa shape index (κ1) is 28.4. The van der Waals surface area contributed by atoms with Gasteiger partial charge in [0, 0.05) is 39.9 Å². The van der Waals surface area contributed by atoms with Gasteiger partial charge in [0.05, 0.1) is 22.0 Å². The second-order valence-electron chi connectivity index (χ2n) is 12.2. The maximum Gasteiger partial charge on any atom is 0.238 e. The lowest BCUT2D eigenvalue weighted by Gasteiger charge is -2.42. The summed E-state index contributed by atoms with van der Waals surface area (Å²) in [5.74, 6) is -3.28. The normalized spacial score (nSPS) is 24.0. The van der Waals surface area contributed by atoms with Gasteiger partial charge in [-0.25, -0.2) is 0 Å². The van der Waals surface area contributed by atoms with Gasteiger partial charge in [0.1, 0.15) is 5.75 Å². The summed E-state index contributed by atoms with van der Waals surface area (Å²) >= 11 is 3.29. The van der Waals surface area contributed by atoms with Crippen LogP contribution in [-0.4, -0.2) is 28.5 Å². The first-order chi connectivity index (χ1) is 22.3. The summed E-state index contributed by atoms with van der Waals surface area (Å²) in [6.07, 6.45) is 3.87. The van der Waals surface area contributed by atoms with E-state index in [-0.39, 0.29) is 40.0 Å². The molecule has 1 fully saturated rings. The van der Waals surface area contributed by atoms with E-state index in [4.69, 9.17) is 0 Å². The van der Waals surface area contributed by atoms with Gasteiger partial charge in [0.25, 0.3) is 0 Å². The van der Waals surface area contributed by atoms with E-state index in [0.717, 1.165) is 27.9 Å². The fourth-order valence-corrected chi connectivity index (χ4v) is 8.20. The van der Waals surface area contributed by atoms with Gasteiger partial charge in [-0.2, -0.15) is 0 Å². The highest BCUT2D eigenvalue weighted by molar-refractivity contribution is 9.12. The number of amides is 2. The Bertz CT molecular complexity index is 2100. The van der Waals surface area contributed by atoms with E-state index in [1.54, 1.807) is 24.3 Å². The zero-order valence-electron chi connectivity index (χ0n) is 24.4. The Hall–Kier alpha value is -5.08. The molecule has 4 aromatic rings. The van der Waals surface area contributed by atoms with Crippen LogP contribution >= 0.6 is 15.9 Å². The van der Waals surface area contributed by atoms with Crippen molar-refractivity contribution in [1.82, 2.24) is 0 Å². The number of nitrogens with zero attached hydrogens (tertiary/aromatic N) is 1. The standard InChI is InChI=1S/C38H27BrN2O5/c39-30-19-32(43)35-29(36(30)44)18-28-26(33(35)25-16-17-31(42)24-9-5-4-8-23(24)25)14-15-27-34(28)38(46)41(37(27)45)22-12-10-21(11-13-22)40-20-6-2-1-3-7-20/h1-14,16-17,19,27-28,33-34,40,42H,15,18H2/t27-,28+,33-,34-/m0/s1. The Morgan fingerprint density at radius 1 is 0.761 bits per heavy atom. The number of allylic oxidation sites excluding steroid dienone is 6. The molecule has 3 aliphatic carbocycles. The summed E-state index contributed by atoms with van der Waals surface area (Å²) in [6.45, 7) is 0. The number of phenolic OH excluding ortho intramolecular Hbond substituents is 1. The van der Waals surface area contributed by atoms with Crippen molar-refractivity contribution in [3.63, 3.8) is 0 Å². The number of nitrogens with one attached hydrogen (secondary N) is 1. The van der Waals surface area contributed by atoms with Crippen molar-refractivity contribution in [3.8, 4) is 5.75 Å². The molecule has 4 atom stereocenters. The number of hydrogen-bond acceptors (Lipinski definition) is 6. The highest BCUT2D eigenvalue weighted by Crippen LogP contribution is 2.56. The summed E-state index contributed by atoms with van der Waals surface area (Å²) in [6, 6.07) is 27.8. The molecule has 0 saturated carbocycles. The van der Waals surface area contributed by atoms with E-state index in [9.17, 15) is 24.3 Å². The summed E-state index contributed by atoms with van der Waals surface area (Å²) < 4.78 is 0.185. The fraction of sp³-hybridized carbons (Fsp3) is 0.158. The number of fused-ring (bicyclic) bond motifs is 4. The predicted molar refractivity (Wildman–Crippen MR) is 179 cm³/mol. The topological polar surface area (TPSA) is 104 Å². The van der Waals surface area contributed by atoms with Crippen LogP contribution in [0.3, 0.4) is 0 Å². The van der Waals surface area contributed by atoms with Gasteiger partial charge < -0.3 is 10.4 Å². The number of ketones is 2. The van der Waals surface area contributed by atoms with Crippen LogP contribution in [0, 0.1) is 17.8 Å². The van der Waals surface area contributed by atoms with Gasteiger partial charge in [0.2, 0.25) is 11.8 Å². The van der Waals surface area contributed by atoms with Crippen LogP contribution < -0.4 is 10.2 Å². The average Bonchev–Trinajstić information content (AvgIpc) is 3.33. The van der Waals surface area contributed by atoms with Crippen molar-refractivity contribution in [1.29, 1.82) is 0 Å². The number of aromatic hydroxyl groups is 1. The molecule has 46 heavy (non-hydrogen) atoms. The molecule has 0 radical (unpaired) electrons. The van der Waals surface area contributed by atoms with Gasteiger partial charge in [0.15, 0.2) is 11.6 Å². The molecule has 4 aromatic carbocycles. The molecule has 8 heteroatoms. The van der Waals surface area contributed by atoms with Crippen LogP contribution in [0.25, 0.3) is 10.8 Å². The van der Waals surface area contributed by atoms with Gasteiger partial charge in [-0.05, 0) is 88.1 Å². The van der Waals surface area contributed by atoms with Crippen LogP contribution in [0.5, 0.6) is 5.75 Å². The Balaban J connectivity index is 1.20. The molecule has 2 N–H and O–H groups in total. The number of rotatable bonds is 4. The molecule has 0 bridgehead atoms. The van der Waals surface area contributed by atoms with Crippen LogP contribution in [-0.2, 0) is 19.2 Å². The number of Topliss-reactive ketones (excluding diaryl/α,β-unsaturated/α-hetero) is 1. The first-order valence-electron chi connectivity index (χ1n) is 15.2. The largest absolute Gasteiger partial charge is 0.507 e. The number of benzene rings is 4. The second kappa shape index (κ2) is 10.8. The minimum absolute atomic E-state index is 0.115. The Morgan fingerprint density at radius 3 is 2.22 bits per heavy atom. The van der Waals surface area contributed by atoms with Gasteiger partial charge in [-0.3, -0.25) is 24.1 Å². The molecule has 1 heterocycles. The Kier molecular flexibility index (Phi) is 6.65. The summed E-state index contributed by atoms with van der Waals surface area (Å²) in [4.78, 5) is 56.7. The van der Waals surface area contributed by atoms with Crippen LogP contribution in [0.2, 0.25) is 0 Å². The zero-order chi connectivity index (χ0) is 31.7. The molecule has 0 unspecified atom stereocenters. The minimum Gasteiger partial charge on any atom is -0.507 e. The predicted octanol–water partition coefficient (Wildman–Crippen LogP) is 7.26. The van der Waals surface area contributed by atoms with Gasteiger partial charge in [-0.1, -0.05) is 60.2 Å². The van der Waals surface area contributed by atoms with Crippen molar-refractivity contribution >= 4 is 67.1 Å². The molecule has 4 aliphatic rings. The van der Waals surface area contributed by atoms with Crippen LogP contribution in [0.15, 0.2) is 124 Å². The third kappa shape index (κ3) is 4.31. The van der Waals surface area contributed by atoms with Crippen molar-refractivity contribution < 1.29 is 24.3 Å². The fourth-order valence-electron chi connectivity index (χ4n) is 7.76. The third-order valence-electron chi connectivity index (χ3n) is 9.76. The Labute approximate surface area is 273 Å². The van der Waals surface area contributed by atoms with Crippen molar-refractivity contribution in [2.24, 2.45) is 17.8 Å². The number of carbonyl (C=O) groups is 4. The number of hydrogen-bond donors (Lipinski definition) is 2. The molecular formula is C38H27BrN2O5. The molecule has 1 aliphatic heterocycles. The molecule has 7 nitrogen and oxygen atoms in total. The average molecular weight is 672 g/mol. The zero-order valence-corrected chi connectivity index (χ0v) is 26.0. The lowest BCUT2D eigenvalue weighted by Crippen LogP contribution is -2.39. The highest BCUT2D eigenvalue weighted by atomic mass is 79.9. The van der Waals surface area contributed by atoms with Gasteiger partial charge in [-0.15, -0.1) is 0 Å². The van der Waals surface area contributed by atoms with Crippen molar-refractivity contribution in [2.45, 2.75) is 18.8 Å². The van der Waals surface area contributed by atoms with Crippen LogP contribution in [0.4, 0.5) is 17.1 Å². The monoisotopic (exact) mass is 670 g/mol. The molecule has 8 rings (SSSR count). The minimum atomic E-state index is -0.679. The lowest BCUT2D eigenvalue weighted by atomic mass is 9.59. The first-order valence-corrected chi connectivity index (χ1v) is 16.0. The number of imide groups is 1. The molecule has 1 saturated heterocycles. The van der Waals surface area contributed by atoms with Crippen molar-refractivity contribution in [3.05, 3.63) is 130 Å². The van der Waals surface area contributed by atoms with E-state index >= 15 is 0 Å². The quantitative estimate of drug-likeness (QED) is 0.135. The Morgan fingerprint density at radius 2 is 1.46 bits per heavy atom. The maximum absolute atomic E-state index is 14.3.